The van der Waals surface area contributed by atoms with Gasteiger partial charge in [0.25, 0.3) is 0 Å². The number of aliphatic hydroxyl groups is 1. The van der Waals surface area contributed by atoms with Gasteiger partial charge in [-0.15, -0.1) is 12.4 Å². The van der Waals surface area contributed by atoms with Gasteiger partial charge in [-0.1, -0.05) is 23.7 Å². The molecule has 1 fully saturated rings. The van der Waals surface area contributed by atoms with Crippen LogP contribution in [0.2, 0.25) is 5.02 Å². The van der Waals surface area contributed by atoms with Gasteiger partial charge in [-0.25, -0.2) is 0 Å². The molecular weight excluding hydrogens is 287 g/mol. The van der Waals surface area contributed by atoms with Crippen molar-refractivity contribution in [1.82, 2.24) is 10.6 Å². The Kier molecular flexibility index (Phi) is 6.58. The molecule has 1 saturated heterocycles. The van der Waals surface area contributed by atoms with E-state index in [9.17, 15) is 9.90 Å². The van der Waals surface area contributed by atoms with Crippen molar-refractivity contribution in [3.8, 4) is 0 Å². The molecule has 1 aliphatic heterocycles. The third-order valence-electron chi connectivity index (χ3n) is 3.05. The molecule has 1 aliphatic rings. The van der Waals surface area contributed by atoms with Gasteiger partial charge in [0.15, 0.2) is 0 Å². The van der Waals surface area contributed by atoms with Gasteiger partial charge in [0.1, 0.15) is 0 Å². The zero-order valence-electron chi connectivity index (χ0n) is 10.4. The lowest BCUT2D eigenvalue weighted by Gasteiger charge is -2.10. The van der Waals surface area contributed by atoms with E-state index in [1.807, 2.05) is 24.3 Å². The third-order valence-corrected chi connectivity index (χ3v) is 3.30. The van der Waals surface area contributed by atoms with E-state index in [-0.39, 0.29) is 24.4 Å². The van der Waals surface area contributed by atoms with Crippen LogP contribution in [0.3, 0.4) is 0 Å². The number of aliphatic hydroxyl groups excluding tert-OH is 1. The minimum absolute atomic E-state index is 0. The standard InChI is InChI=1S/C13H17ClN2O2.ClH/c14-10-3-1-9(2-4-10)5-6-15-13(18)12-7-11(17)8-16-12;/h1-4,11-12,16-17H,5-8H2,(H,15,18);1H. The number of rotatable bonds is 4. The average Bonchev–Trinajstić information content (AvgIpc) is 2.78. The number of hydrogen-bond donors (Lipinski definition) is 3. The topological polar surface area (TPSA) is 61.4 Å². The second-order valence-electron chi connectivity index (χ2n) is 4.52. The SMILES string of the molecule is Cl.O=C(NCCc1ccc(Cl)cc1)C1CC(O)CN1. The summed E-state index contributed by atoms with van der Waals surface area (Å²) in [4.78, 5) is 11.7. The molecule has 106 valence electrons. The lowest BCUT2D eigenvalue weighted by atomic mass is 10.1. The van der Waals surface area contributed by atoms with Crippen molar-refractivity contribution < 1.29 is 9.90 Å². The fourth-order valence-electron chi connectivity index (χ4n) is 2.02. The second-order valence-corrected chi connectivity index (χ2v) is 4.95. The van der Waals surface area contributed by atoms with Crippen LogP contribution >= 0.6 is 24.0 Å². The Morgan fingerprint density at radius 1 is 1.42 bits per heavy atom. The average molecular weight is 305 g/mol. The van der Waals surface area contributed by atoms with Crippen molar-refractivity contribution >= 4 is 29.9 Å². The summed E-state index contributed by atoms with van der Waals surface area (Å²) < 4.78 is 0. The van der Waals surface area contributed by atoms with E-state index >= 15 is 0 Å². The van der Waals surface area contributed by atoms with E-state index in [0.29, 0.717) is 24.5 Å². The summed E-state index contributed by atoms with van der Waals surface area (Å²) in [5, 5.41) is 15.9. The number of carbonyl (C=O) groups excluding carboxylic acids is 1. The first-order valence-electron chi connectivity index (χ1n) is 6.09. The van der Waals surface area contributed by atoms with Gasteiger partial charge in [-0.05, 0) is 30.5 Å². The van der Waals surface area contributed by atoms with Crippen LogP contribution in [0, 0.1) is 0 Å². The van der Waals surface area contributed by atoms with Crippen molar-refractivity contribution in [2.45, 2.75) is 25.0 Å². The van der Waals surface area contributed by atoms with Crippen molar-refractivity contribution in [3.05, 3.63) is 34.9 Å². The Hall–Kier alpha value is -0.810. The van der Waals surface area contributed by atoms with Crippen molar-refractivity contribution in [2.24, 2.45) is 0 Å². The van der Waals surface area contributed by atoms with Crippen LogP contribution in [-0.4, -0.2) is 36.2 Å². The highest BCUT2D eigenvalue weighted by molar-refractivity contribution is 6.30. The van der Waals surface area contributed by atoms with E-state index in [4.69, 9.17) is 11.6 Å². The maximum atomic E-state index is 11.7. The van der Waals surface area contributed by atoms with Gasteiger partial charge >= 0.3 is 0 Å². The molecule has 1 aromatic rings. The largest absolute Gasteiger partial charge is 0.392 e. The summed E-state index contributed by atoms with van der Waals surface area (Å²) in [6, 6.07) is 7.32. The molecule has 19 heavy (non-hydrogen) atoms. The molecule has 0 aliphatic carbocycles. The van der Waals surface area contributed by atoms with Gasteiger partial charge < -0.3 is 15.7 Å². The predicted molar refractivity (Wildman–Crippen MR) is 77.8 cm³/mol. The summed E-state index contributed by atoms with van der Waals surface area (Å²) in [6.07, 6.45) is 0.863. The van der Waals surface area contributed by atoms with E-state index in [0.717, 1.165) is 12.0 Å². The van der Waals surface area contributed by atoms with Crippen LogP contribution in [0.4, 0.5) is 0 Å². The Bertz CT molecular complexity index is 412. The lowest BCUT2D eigenvalue weighted by molar-refractivity contribution is -0.122. The summed E-state index contributed by atoms with van der Waals surface area (Å²) in [6.45, 7) is 1.09. The van der Waals surface area contributed by atoms with Crippen LogP contribution in [0.25, 0.3) is 0 Å². The van der Waals surface area contributed by atoms with Crippen LogP contribution in [0.15, 0.2) is 24.3 Å². The maximum Gasteiger partial charge on any atom is 0.237 e. The minimum Gasteiger partial charge on any atom is -0.392 e. The fraction of sp³-hybridized carbons (Fsp3) is 0.462. The van der Waals surface area contributed by atoms with E-state index in [2.05, 4.69) is 10.6 Å². The minimum atomic E-state index is -0.406. The van der Waals surface area contributed by atoms with Gasteiger partial charge in [-0.3, -0.25) is 4.79 Å². The normalized spacial score (nSPS) is 21.8. The highest BCUT2D eigenvalue weighted by Crippen LogP contribution is 2.10. The monoisotopic (exact) mass is 304 g/mol. The Balaban J connectivity index is 0.00000180. The fourth-order valence-corrected chi connectivity index (χ4v) is 2.15. The molecule has 6 heteroatoms. The first-order valence-corrected chi connectivity index (χ1v) is 6.46. The van der Waals surface area contributed by atoms with Gasteiger partial charge in [0.05, 0.1) is 12.1 Å². The van der Waals surface area contributed by atoms with Gasteiger partial charge in [-0.2, -0.15) is 0 Å². The molecule has 0 spiro atoms. The highest BCUT2D eigenvalue weighted by Gasteiger charge is 2.27. The Labute approximate surface area is 123 Å². The molecule has 0 saturated carbocycles. The maximum absolute atomic E-state index is 11.7. The van der Waals surface area contributed by atoms with Crippen molar-refractivity contribution in [1.29, 1.82) is 0 Å². The van der Waals surface area contributed by atoms with Gasteiger partial charge in [0, 0.05) is 18.1 Å². The Morgan fingerprint density at radius 2 is 2.11 bits per heavy atom. The zero-order valence-corrected chi connectivity index (χ0v) is 12.0. The molecule has 0 radical (unpaired) electrons. The quantitative estimate of drug-likeness (QED) is 0.782. The van der Waals surface area contributed by atoms with Crippen LogP contribution in [0.1, 0.15) is 12.0 Å². The van der Waals surface area contributed by atoms with E-state index in [1.54, 1.807) is 0 Å². The van der Waals surface area contributed by atoms with Crippen LogP contribution in [-0.2, 0) is 11.2 Å². The first kappa shape index (κ1) is 16.2. The van der Waals surface area contributed by atoms with Crippen molar-refractivity contribution in [2.75, 3.05) is 13.1 Å². The number of nitrogens with one attached hydrogen (secondary N) is 2. The summed E-state index contributed by atoms with van der Waals surface area (Å²) >= 11 is 5.79. The molecule has 1 aromatic carbocycles. The molecule has 0 bridgehead atoms. The number of amides is 1. The molecule has 4 nitrogen and oxygen atoms in total. The molecule has 1 heterocycles. The molecule has 2 unspecified atom stereocenters. The van der Waals surface area contributed by atoms with Gasteiger partial charge in [0.2, 0.25) is 5.91 Å². The lowest BCUT2D eigenvalue weighted by Crippen LogP contribution is -2.41. The second kappa shape index (κ2) is 7.70. The summed E-state index contributed by atoms with van der Waals surface area (Å²) in [7, 11) is 0. The summed E-state index contributed by atoms with van der Waals surface area (Å²) in [5.74, 6) is -0.0412. The third kappa shape index (κ3) is 4.99. The van der Waals surface area contributed by atoms with E-state index < -0.39 is 6.10 Å². The molecule has 0 aromatic heterocycles. The number of hydrogen-bond acceptors (Lipinski definition) is 3. The molecule has 2 rings (SSSR count). The molecule has 2 atom stereocenters. The van der Waals surface area contributed by atoms with Crippen LogP contribution < -0.4 is 10.6 Å². The predicted octanol–water partition coefficient (Wildman–Crippen LogP) is 1.14. The van der Waals surface area contributed by atoms with E-state index in [1.165, 1.54) is 0 Å². The molecule has 1 amide bonds. The summed E-state index contributed by atoms with van der Waals surface area (Å²) in [5.41, 5.74) is 1.14. The number of benzene rings is 1. The molecule has 3 N–H and O–H groups in total. The number of carbonyl (C=O) groups is 1. The Morgan fingerprint density at radius 3 is 2.68 bits per heavy atom. The van der Waals surface area contributed by atoms with Crippen molar-refractivity contribution in [3.63, 3.8) is 0 Å². The zero-order chi connectivity index (χ0) is 13.0. The number of β-amino-alcohol motifs (C(OH)–C–C–N with tert-alkyl or cyclic N) is 1. The highest BCUT2D eigenvalue weighted by atomic mass is 35.5. The molecular formula is C13H18Cl2N2O2. The number of halogens is 2. The first-order chi connectivity index (χ1) is 8.65. The smallest absolute Gasteiger partial charge is 0.237 e. The van der Waals surface area contributed by atoms with Crippen LogP contribution in [0.5, 0.6) is 0 Å².